The van der Waals surface area contributed by atoms with E-state index in [0.29, 0.717) is 11.9 Å². The van der Waals surface area contributed by atoms with Gasteiger partial charge in [-0.2, -0.15) is 0 Å². The van der Waals surface area contributed by atoms with Crippen molar-refractivity contribution in [3.63, 3.8) is 0 Å². The van der Waals surface area contributed by atoms with E-state index in [-0.39, 0.29) is 6.04 Å². The van der Waals surface area contributed by atoms with E-state index < -0.39 is 0 Å². The van der Waals surface area contributed by atoms with E-state index in [9.17, 15) is 0 Å². The Hall–Kier alpha value is -1.40. The molecule has 1 atom stereocenters. The summed E-state index contributed by atoms with van der Waals surface area (Å²) in [5, 5.41) is 14.5. The molecule has 1 heterocycles. The highest BCUT2D eigenvalue weighted by Gasteiger charge is 2.13. The molecule has 2 N–H and O–H groups in total. The third kappa shape index (κ3) is 3.58. The smallest absolute Gasteiger partial charge is 0.320 e. The Bertz CT molecular complexity index is 570. The molecule has 1 aromatic heterocycles. The molecule has 0 aliphatic heterocycles. The largest absolute Gasteiger partial charge is 0.406 e. The van der Waals surface area contributed by atoms with Gasteiger partial charge >= 0.3 is 6.01 Å². The maximum atomic E-state index is 5.62. The van der Waals surface area contributed by atoms with Crippen molar-refractivity contribution in [3.05, 3.63) is 34.1 Å². The standard InChI is InChI=1S/C14H19BrN4O/c1-4-10-8-11(15)6-7-12(10)17-14-19-18-13(20-14)9(3)16-5-2/h6-9,16H,4-5H2,1-3H3,(H,17,19). The SMILES string of the molecule is CCNC(C)c1nnc(Nc2ccc(Br)cc2CC)o1. The molecule has 5 nitrogen and oxygen atoms in total. The molecule has 0 radical (unpaired) electrons. The lowest BCUT2D eigenvalue weighted by molar-refractivity contribution is 0.430. The highest BCUT2D eigenvalue weighted by atomic mass is 79.9. The molecule has 0 saturated heterocycles. The van der Waals surface area contributed by atoms with Crippen LogP contribution in [0.2, 0.25) is 0 Å². The van der Waals surface area contributed by atoms with Gasteiger partial charge in [0.05, 0.1) is 6.04 Å². The van der Waals surface area contributed by atoms with Crippen molar-refractivity contribution in [2.75, 3.05) is 11.9 Å². The highest BCUT2D eigenvalue weighted by molar-refractivity contribution is 9.10. The molecule has 6 heteroatoms. The van der Waals surface area contributed by atoms with Gasteiger partial charge in [0, 0.05) is 10.2 Å². The summed E-state index contributed by atoms with van der Waals surface area (Å²) in [6.45, 7) is 7.01. The van der Waals surface area contributed by atoms with Crippen LogP contribution in [0.3, 0.4) is 0 Å². The maximum absolute atomic E-state index is 5.62. The Morgan fingerprint density at radius 2 is 2.10 bits per heavy atom. The quantitative estimate of drug-likeness (QED) is 0.838. The zero-order chi connectivity index (χ0) is 14.5. The van der Waals surface area contributed by atoms with Gasteiger partial charge in [-0.3, -0.25) is 0 Å². The maximum Gasteiger partial charge on any atom is 0.320 e. The van der Waals surface area contributed by atoms with Crippen molar-refractivity contribution in [1.82, 2.24) is 15.5 Å². The third-order valence-corrected chi connectivity index (χ3v) is 3.50. The topological polar surface area (TPSA) is 63.0 Å². The third-order valence-electron chi connectivity index (χ3n) is 3.01. The van der Waals surface area contributed by atoms with E-state index in [1.807, 2.05) is 26.0 Å². The lowest BCUT2D eigenvalue weighted by Gasteiger charge is -2.08. The van der Waals surface area contributed by atoms with Crippen molar-refractivity contribution in [2.45, 2.75) is 33.2 Å². The fourth-order valence-electron chi connectivity index (χ4n) is 1.95. The van der Waals surface area contributed by atoms with E-state index >= 15 is 0 Å². The molecule has 0 fully saturated rings. The number of aromatic nitrogens is 2. The van der Waals surface area contributed by atoms with Crippen LogP contribution in [0.25, 0.3) is 0 Å². The van der Waals surface area contributed by atoms with Crippen LogP contribution in [0.4, 0.5) is 11.7 Å². The van der Waals surface area contributed by atoms with Gasteiger partial charge in [0.15, 0.2) is 0 Å². The van der Waals surface area contributed by atoms with E-state index in [1.54, 1.807) is 0 Å². The Balaban J connectivity index is 2.14. The first-order valence-electron chi connectivity index (χ1n) is 6.76. The molecule has 1 unspecified atom stereocenters. The van der Waals surface area contributed by atoms with Crippen LogP contribution in [-0.4, -0.2) is 16.7 Å². The summed E-state index contributed by atoms with van der Waals surface area (Å²) < 4.78 is 6.69. The molecule has 0 spiro atoms. The van der Waals surface area contributed by atoms with Crippen LogP contribution < -0.4 is 10.6 Å². The molecule has 0 aliphatic rings. The van der Waals surface area contributed by atoms with E-state index in [0.717, 1.165) is 23.1 Å². The van der Waals surface area contributed by atoms with Crippen molar-refractivity contribution >= 4 is 27.6 Å². The van der Waals surface area contributed by atoms with Crippen LogP contribution in [-0.2, 0) is 6.42 Å². The second kappa shape index (κ2) is 6.85. The first-order valence-corrected chi connectivity index (χ1v) is 7.55. The Labute approximate surface area is 127 Å². The van der Waals surface area contributed by atoms with Crippen LogP contribution in [0.5, 0.6) is 0 Å². The number of nitrogens with zero attached hydrogens (tertiary/aromatic N) is 2. The molecule has 2 aromatic rings. The summed E-state index contributed by atoms with van der Waals surface area (Å²) in [6.07, 6.45) is 0.927. The summed E-state index contributed by atoms with van der Waals surface area (Å²) in [5.41, 5.74) is 2.18. The van der Waals surface area contributed by atoms with E-state index in [1.165, 1.54) is 5.56 Å². The van der Waals surface area contributed by atoms with Crippen molar-refractivity contribution in [1.29, 1.82) is 0 Å². The second-order valence-electron chi connectivity index (χ2n) is 4.50. The fraction of sp³-hybridized carbons (Fsp3) is 0.429. The van der Waals surface area contributed by atoms with Gasteiger partial charge in [-0.05, 0) is 43.7 Å². The minimum absolute atomic E-state index is 0.0543. The van der Waals surface area contributed by atoms with Gasteiger partial charge < -0.3 is 15.1 Å². The molecule has 2 rings (SSSR count). The summed E-state index contributed by atoms with van der Waals surface area (Å²) in [5.74, 6) is 0.588. The van der Waals surface area contributed by atoms with E-state index in [4.69, 9.17) is 4.42 Å². The number of halogens is 1. The zero-order valence-electron chi connectivity index (χ0n) is 11.9. The average molecular weight is 339 g/mol. The van der Waals surface area contributed by atoms with Gasteiger partial charge in [-0.25, -0.2) is 0 Å². The van der Waals surface area contributed by atoms with Gasteiger partial charge in [0.2, 0.25) is 5.89 Å². The number of hydrogen-bond acceptors (Lipinski definition) is 5. The lowest BCUT2D eigenvalue weighted by atomic mass is 10.1. The predicted octanol–water partition coefficient (Wildman–Crippen LogP) is 3.81. The van der Waals surface area contributed by atoms with Crippen LogP contribution >= 0.6 is 15.9 Å². The number of benzene rings is 1. The average Bonchev–Trinajstić information content (AvgIpc) is 2.89. The molecule has 0 aliphatic carbocycles. The van der Waals surface area contributed by atoms with Crippen LogP contribution in [0.1, 0.15) is 38.3 Å². The van der Waals surface area contributed by atoms with Crippen molar-refractivity contribution in [3.8, 4) is 0 Å². The highest BCUT2D eigenvalue weighted by Crippen LogP contribution is 2.25. The molecule has 0 saturated carbocycles. The predicted molar refractivity (Wildman–Crippen MR) is 83.2 cm³/mol. The van der Waals surface area contributed by atoms with Gasteiger partial charge in [-0.1, -0.05) is 34.9 Å². The Morgan fingerprint density at radius 1 is 1.30 bits per heavy atom. The van der Waals surface area contributed by atoms with Crippen LogP contribution in [0.15, 0.2) is 27.1 Å². The molecule has 20 heavy (non-hydrogen) atoms. The van der Waals surface area contributed by atoms with Crippen molar-refractivity contribution in [2.24, 2.45) is 0 Å². The molecule has 0 amide bonds. The first-order chi connectivity index (χ1) is 9.63. The molecular formula is C14H19BrN4O. The molecule has 108 valence electrons. The minimum atomic E-state index is 0.0543. The van der Waals surface area contributed by atoms with E-state index in [2.05, 4.69) is 49.8 Å². The second-order valence-corrected chi connectivity index (χ2v) is 5.42. The van der Waals surface area contributed by atoms with Crippen LogP contribution in [0, 0.1) is 0 Å². The number of rotatable bonds is 6. The summed E-state index contributed by atoms with van der Waals surface area (Å²) in [4.78, 5) is 0. The Morgan fingerprint density at radius 3 is 2.80 bits per heavy atom. The number of anilines is 2. The summed E-state index contributed by atoms with van der Waals surface area (Å²) in [6, 6.07) is 6.54. The summed E-state index contributed by atoms with van der Waals surface area (Å²) in [7, 11) is 0. The van der Waals surface area contributed by atoms with Gasteiger partial charge in [0.1, 0.15) is 0 Å². The van der Waals surface area contributed by atoms with Gasteiger partial charge in [-0.15, -0.1) is 5.10 Å². The first kappa shape index (κ1) is 15.0. The summed E-state index contributed by atoms with van der Waals surface area (Å²) >= 11 is 3.48. The molecule has 0 bridgehead atoms. The van der Waals surface area contributed by atoms with Crippen molar-refractivity contribution < 1.29 is 4.42 Å². The number of nitrogens with one attached hydrogen (secondary N) is 2. The van der Waals surface area contributed by atoms with Gasteiger partial charge in [0.25, 0.3) is 0 Å². The minimum Gasteiger partial charge on any atom is -0.406 e. The Kier molecular flexibility index (Phi) is 5.14. The zero-order valence-corrected chi connectivity index (χ0v) is 13.5. The number of aryl methyl sites for hydroxylation is 1. The lowest BCUT2D eigenvalue weighted by Crippen LogP contribution is -2.17. The monoisotopic (exact) mass is 338 g/mol. The molecular weight excluding hydrogens is 320 g/mol. The number of hydrogen-bond donors (Lipinski definition) is 2. The fourth-order valence-corrected chi connectivity index (χ4v) is 2.35. The molecule has 1 aromatic carbocycles. The normalized spacial score (nSPS) is 12.4.